The Labute approximate surface area is 166 Å². The summed E-state index contributed by atoms with van der Waals surface area (Å²) in [5.41, 5.74) is 8.51. The van der Waals surface area contributed by atoms with Crippen LogP contribution in [-0.4, -0.2) is 39.7 Å². The lowest BCUT2D eigenvalue weighted by Crippen LogP contribution is -2.10. The van der Waals surface area contributed by atoms with Crippen LogP contribution in [0, 0.1) is 0 Å². The molecule has 1 amide bonds. The van der Waals surface area contributed by atoms with E-state index in [1.807, 2.05) is 12.1 Å². The molecule has 3 heterocycles. The molecule has 0 saturated heterocycles. The third kappa shape index (κ3) is 3.53. The Morgan fingerprint density at radius 3 is 2.76 bits per heavy atom. The van der Waals surface area contributed by atoms with Gasteiger partial charge in [0.25, 0.3) is 5.88 Å². The molecule has 0 fully saturated rings. The molecule has 29 heavy (non-hydrogen) atoms. The highest BCUT2D eigenvalue weighted by molar-refractivity contribution is 5.94. The fraction of sp³-hybridized carbons (Fsp3) is 0.100. The average Bonchev–Trinajstić information content (AvgIpc) is 3.22. The highest BCUT2D eigenvalue weighted by Crippen LogP contribution is 2.30. The molecule has 1 aromatic carbocycles. The Hall–Kier alpha value is -4.14. The Balaban J connectivity index is 1.78. The lowest BCUT2D eigenvalue weighted by molar-refractivity contribution is 0.100. The van der Waals surface area contributed by atoms with Crippen LogP contribution in [-0.2, 0) is 0 Å². The van der Waals surface area contributed by atoms with Gasteiger partial charge >= 0.3 is 0 Å². The molecule has 9 heteroatoms. The Kier molecular flexibility index (Phi) is 4.70. The molecular formula is C20H18N6O3. The molecule has 3 aromatic heterocycles. The first-order valence-electron chi connectivity index (χ1n) is 8.69. The summed E-state index contributed by atoms with van der Waals surface area (Å²) in [6.07, 6.45) is 3.39. The van der Waals surface area contributed by atoms with E-state index < -0.39 is 5.91 Å². The number of carbonyl (C=O) groups is 1. The second kappa shape index (κ2) is 7.47. The van der Waals surface area contributed by atoms with Gasteiger partial charge in [-0.3, -0.25) is 4.79 Å². The van der Waals surface area contributed by atoms with Gasteiger partial charge in [0, 0.05) is 23.5 Å². The number of amides is 1. The van der Waals surface area contributed by atoms with Gasteiger partial charge in [-0.05, 0) is 30.3 Å². The highest BCUT2D eigenvalue weighted by Gasteiger charge is 2.13. The van der Waals surface area contributed by atoms with E-state index in [9.17, 15) is 4.79 Å². The zero-order valence-corrected chi connectivity index (χ0v) is 15.8. The normalized spacial score (nSPS) is 10.7. The molecule has 0 aliphatic rings. The predicted octanol–water partition coefficient (Wildman–Crippen LogP) is 2.65. The minimum atomic E-state index is -0.497. The molecule has 0 atom stereocenters. The molecule has 146 valence electrons. The van der Waals surface area contributed by atoms with Gasteiger partial charge < -0.3 is 20.5 Å². The van der Waals surface area contributed by atoms with E-state index in [0.29, 0.717) is 40.0 Å². The minimum Gasteiger partial charge on any atom is -0.491 e. The number of fused-ring (bicyclic) bond motifs is 1. The van der Waals surface area contributed by atoms with E-state index >= 15 is 0 Å². The van der Waals surface area contributed by atoms with Crippen LogP contribution in [0.5, 0.6) is 11.6 Å². The van der Waals surface area contributed by atoms with Gasteiger partial charge in [-0.1, -0.05) is 12.1 Å². The monoisotopic (exact) mass is 390 g/mol. The van der Waals surface area contributed by atoms with E-state index in [1.54, 1.807) is 54.4 Å². The predicted molar refractivity (Wildman–Crippen MR) is 108 cm³/mol. The third-order valence-corrected chi connectivity index (χ3v) is 4.30. The summed E-state index contributed by atoms with van der Waals surface area (Å²) in [5.74, 6) is 0.946. The zero-order chi connectivity index (χ0) is 20.4. The number of rotatable bonds is 6. The number of aromatic nitrogens is 4. The van der Waals surface area contributed by atoms with Gasteiger partial charge in [0.1, 0.15) is 5.82 Å². The molecule has 0 aliphatic heterocycles. The van der Waals surface area contributed by atoms with Crippen LogP contribution in [0.3, 0.4) is 0 Å². The fourth-order valence-electron chi connectivity index (χ4n) is 2.92. The number of pyridine rings is 1. The minimum absolute atomic E-state index is 0.361. The summed E-state index contributed by atoms with van der Waals surface area (Å²) < 4.78 is 12.1. The number of nitrogens with two attached hydrogens (primary N) is 1. The molecule has 0 unspecified atom stereocenters. The van der Waals surface area contributed by atoms with Crippen molar-refractivity contribution in [2.24, 2.45) is 5.73 Å². The summed E-state index contributed by atoms with van der Waals surface area (Å²) in [6.45, 7) is 0. The van der Waals surface area contributed by atoms with Crippen molar-refractivity contribution >= 4 is 23.1 Å². The number of imidazole rings is 1. The van der Waals surface area contributed by atoms with Crippen LogP contribution in [0.4, 0.5) is 11.5 Å². The van der Waals surface area contributed by atoms with Crippen molar-refractivity contribution in [3.05, 3.63) is 60.4 Å². The highest BCUT2D eigenvalue weighted by atomic mass is 16.5. The number of hydrogen-bond acceptors (Lipinski definition) is 7. The Morgan fingerprint density at radius 1 is 1.14 bits per heavy atom. The number of nitrogens with one attached hydrogen (secondary N) is 1. The van der Waals surface area contributed by atoms with Crippen molar-refractivity contribution in [1.82, 2.24) is 19.6 Å². The molecule has 9 nitrogen and oxygen atoms in total. The van der Waals surface area contributed by atoms with E-state index in [1.165, 1.54) is 7.11 Å². The maximum Gasteiger partial charge on any atom is 0.258 e. The summed E-state index contributed by atoms with van der Waals surface area (Å²) in [7, 11) is 3.08. The summed E-state index contributed by atoms with van der Waals surface area (Å²) in [5, 5.41) is 7.81. The number of hydrogen-bond donors (Lipinski definition) is 2. The van der Waals surface area contributed by atoms with E-state index in [4.69, 9.17) is 15.2 Å². The number of primary amides is 1. The standard InChI is InChI=1S/C20H18N6O3/c1-28-16-6-7-17(24-20(16)29-2)23-15-11-14(25-26-9-8-22-19(15)26)12-4-3-5-13(10-12)18(21)27/h3-11H,1-2H3,(H2,21,27)(H,23,24). The summed E-state index contributed by atoms with van der Waals surface area (Å²) >= 11 is 0. The van der Waals surface area contributed by atoms with Gasteiger partial charge in [0.15, 0.2) is 11.4 Å². The van der Waals surface area contributed by atoms with Gasteiger partial charge in [-0.15, -0.1) is 0 Å². The van der Waals surface area contributed by atoms with Gasteiger partial charge in [0.2, 0.25) is 5.91 Å². The van der Waals surface area contributed by atoms with Crippen molar-refractivity contribution in [3.8, 4) is 22.9 Å². The van der Waals surface area contributed by atoms with Gasteiger partial charge in [-0.2, -0.15) is 10.1 Å². The first-order valence-corrected chi connectivity index (χ1v) is 8.69. The molecular weight excluding hydrogens is 372 g/mol. The number of benzene rings is 1. The smallest absolute Gasteiger partial charge is 0.258 e. The first-order chi connectivity index (χ1) is 14.1. The maximum absolute atomic E-state index is 11.5. The topological polar surface area (TPSA) is 117 Å². The number of ether oxygens (including phenoxy) is 2. The third-order valence-electron chi connectivity index (χ3n) is 4.30. The zero-order valence-electron chi connectivity index (χ0n) is 15.8. The van der Waals surface area contributed by atoms with Crippen molar-refractivity contribution in [2.75, 3.05) is 19.5 Å². The molecule has 4 rings (SSSR count). The molecule has 0 aliphatic carbocycles. The lowest BCUT2D eigenvalue weighted by Gasteiger charge is -2.12. The fourth-order valence-corrected chi connectivity index (χ4v) is 2.92. The van der Waals surface area contributed by atoms with Crippen LogP contribution in [0.25, 0.3) is 16.9 Å². The van der Waals surface area contributed by atoms with Crippen LogP contribution >= 0.6 is 0 Å². The van der Waals surface area contributed by atoms with E-state index in [-0.39, 0.29) is 0 Å². The molecule has 3 N–H and O–H groups in total. The van der Waals surface area contributed by atoms with Crippen molar-refractivity contribution < 1.29 is 14.3 Å². The first kappa shape index (κ1) is 18.2. The molecule has 4 aromatic rings. The van der Waals surface area contributed by atoms with Gasteiger partial charge in [0.05, 0.1) is 25.6 Å². The number of methoxy groups -OCH3 is 2. The Bertz CT molecular complexity index is 1200. The molecule has 0 bridgehead atoms. The molecule has 0 spiro atoms. The number of nitrogens with zero attached hydrogens (tertiary/aromatic N) is 4. The lowest BCUT2D eigenvalue weighted by atomic mass is 10.1. The second-order valence-electron chi connectivity index (χ2n) is 6.12. The van der Waals surface area contributed by atoms with Crippen LogP contribution in [0.15, 0.2) is 54.9 Å². The quantitative estimate of drug-likeness (QED) is 0.520. The molecule has 0 saturated carbocycles. The summed E-state index contributed by atoms with van der Waals surface area (Å²) in [6, 6.07) is 12.3. The van der Waals surface area contributed by atoms with Crippen LogP contribution in [0.1, 0.15) is 10.4 Å². The number of anilines is 2. The van der Waals surface area contributed by atoms with Crippen molar-refractivity contribution in [3.63, 3.8) is 0 Å². The van der Waals surface area contributed by atoms with Gasteiger partial charge in [-0.25, -0.2) is 9.50 Å². The average molecular weight is 390 g/mol. The van der Waals surface area contributed by atoms with Crippen LogP contribution < -0.4 is 20.5 Å². The SMILES string of the molecule is COc1ccc(Nc2cc(-c3cccc(C(N)=O)c3)nn3ccnc23)nc1OC. The van der Waals surface area contributed by atoms with Crippen LogP contribution in [0.2, 0.25) is 0 Å². The number of carbonyl (C=O) groups excluding carboxylic acids is 1. The second-order valence-corrected chi connectivity index (χ2v) is 6.12. The van der Waals surface area contributed by atoms with Crippen molar-refractivity contribution in [2.45, 2.75) is 0 Å². The maximum atomic E-state index is 11.5. The van der Waals surface area contributed by atoms with E-state index in [0.717, 1.165) is 5.56 Å². The summed E-state index contributed by atoms with van der Waals surface area (Å²) in [4.78, 5) is 20.3. The molecule has 0 radical (unpaired) electrons. The van der Waals surface area contributed by atoms with Crippen molar-refractivity contribution in [1.29, 1.82) is 0 Å². The largest absolute Gasteiger partial charge is 0.491 e. The Morgan fingerprint density at radius 2 is 2.00 bits per heavy atom. The van der Waals surface area contributed by atoms with E-state index in [2.05, 4.69) is 20.4 Å².